The molecule has 6 nitrogen and oxygen atoms in total. The fourth-order valence-electron chi connectivity index (χ4n) is 6.14. The smallest absolute Gasteiger partial charge is 0.317 e. The van der Waals surface area contributed by atoms with E-state index in [-0.39, 0.29) is 18.0 Å². The molecule has 198 valence electrons. The van der Waals surface area contributed by atoms with Crippen molar-refractivity contribution in [1.29, 1.82) is 0 Å². The van der Waals surface area contributed by atoms with Gasteiger partial charge >= 0.3 is 6.03 Å². The summed E-state index contributed by atoms with van der Waals surface area (Å²) in [4.78, 5) is 15.3. The van der Waals surface area contributed by atoms with Crippen molar-refractivity contribution < 1.29 is 14.6 Å². The van der Waals surface area contributed by atoms with E-state index in [1.165, 1.54) is 32.1 Å². The zero-order valence-electron chi connectivity index (χ0n) is 22.1. The van der Waals surface area contributed by atoms with Crippen LogP contribution in [0, 0.1) is 11.8 Å². The number of piperidine rings is 1. The first kappa shape index (κ1) is 27.9. The van der Waals surface area contributed by atoms with E-state index in [0.717, 1.165) is 69.9 Å². The second kappa shape index (κ2) is 14.8. The lowest BCUT2D eigenvalue weighted by atomic mass is 9.74. The van der Waals surface area contributed by atoms with Gasteiger partial charge in [0.15, 0.2) is 0 Å². The van der Waals surface area contributed by atoms with Crippen LogP contribution in [-0.4, -0.2) is 62.0 Å². The molecule has 1 aliphatic heterocycles. The van der Waals surface area contributed by atoms with Crippen molar-refractivity contribution in [2.24, 2.45) is 11.8 Å². The van der Waals surface area contributed by atoms with Gasteiger partial charge in [-0.25, -0.2) is 4.79 Å². The normalized spacial score (nSPS) is 21.9. The Labute approximate surface area is 213 Å². The summed E-state index contributed by atoms with van der Waals surface area (Å²) in [5.41, 5.74) is 0.0350. The predicted octanol–water partition coefficient (Wildman–Crippen LogP) is 5.06. The number of carbonyl (C=O) groups is 1. The summed E-state index contributed by atoms with van der Waals surface area (Å²) < 4.78 is 5.51. The minimum Gasteiger partial charge on any atom is -0.385 e. The minimum atomic E-state index is -0.932. The molecule has 0 aromatic heterocycles. The van der Waals surface area contributed by atoms with Crippen molar-refractivity contribution in [3.63, 3.8) is 0 Å². The second-order valence-corrected chi connectivity index (χ2v) is 10.7. The molecule has 1 aromatic rings. The summed E-state index contributed by atoms with van der Waals surface area (Å²) in [6.45, 7) is 5.62. The molecule has 2 amide bonds. The lowest BCUT2D eigenvalue weighted by Crippen LogP contribution is -2.54. The van der Waals surface area contributed by atoms with E-state index in [1.807, 2.05) is 49.2 Å². The Morgan fingerprint density at radius 1 is 1.14 bits per heavy atom. The number of amides is 2. The van der Waals surface area contributed by atoms with Gasteiger partial charge in [-0.1, -0.05) is 62.4 Å². The van der Waals surface area contributed by atoms with E-state index in [9.17, 15) is 9.90 Å². The number of nitrogens with zero attached hydrogens (tertiary/aromatic N) is 1. The van der Waals surface area contributed by atoms with Crippen LogP contribution in [0.3, 0.4) is 0 Å². The number of nitrogens with one attached hydrogen (secondary N) is 2. The third-order valence-corrected chi connectivity index (χ3v) is 8.08. The van der Waals surface area contributed by atoms with Crippen LogP contribution in [0.1, 0.15) is 83.1 Å². The van der Waals surface area contributed by atoms with E-state index in [0.29, 0.717) is 13.0 Å². The van der Waals surface area contributed by atoms with Crippen molar-refractivity contribution in [1.82, 2.24) is 15.5 Å². The molecule has 0 spiro atoms. The summed E-state index contributed by atoms with van der Waals surface area (Å²) in [6.07, 6.45) is 12.0. The predicted molar refractivity (Wildman–Crippen MR) is 142 cm³/mol. The Hall–Kier alpha value is -1.63. The average Bonchev–Trinajstić information content (AvgIpc) is 2.89. The van der Waals surface area contributed by atoms with Crippen molar-refractivity contribution in [3.05, 3.63) is 35.9 Å². The molecule has 2 aliphatic rings. The number of unbranched alkanes of at least 4 members (excludes halogenated alkanes) is 1. The lowest BCUT2D eigenvalue weighted by molar-refractivity contribution is -0.0565. The van der Waals surface area contributed by atoms with Gasteiger partial charge in [0, 0.05) is 44.8 Å². The molecule has 3 N–H and O–H groups in total. The third kappa shape index (κ3) is 8.47. The molecule has 1 heterocycles. The number of ether oxygens (including phenoxy) is 1. The first-order valence-corrected chi connectivity index (χ1v) is 14.1. The van der Waals surface area contributed by atoms with Gasteiger partial charge in [0.2, 0.25) is 0 Å². The molecule has 1 unspecified atom stereocenters. The Bertz CT molecular complexity index is 725. The number of aliphatic hydroxyl groups is 1. The number of likely N-dealkylation sites (tertiary alicyclic amines) is 1. The van der Waals surface area contributed by atoms with Gasteiger partial charge in [-0.15, -0.1) is 0 Å². The van der Waals surface area contributed by atoms with Crippen LogP contribution < -0.4 is 10.6 Å². The van der Waals surface area contributed by atoms with E-state index >= 15 is 0 Å². The number of benzene rings is 1. The highest BCUT2D eigenvalue weighted by Crippen LogP contribution is 2.39. The van der Waals surface area contributed by atoms with Gasteiger partial charge < -0.3 is 25.4 Å². The van der Waals surface area contributed by atoms with Crippen LogP contribution in [0.2, 0.25) is 0 Å². The van der Waals surface area contributed by atoms with Crippen LogP contribution in [0.15, 0.2) is 30.3 Å². The van der Waals surface area contributed by atoms with E-state index in [2.05, 4.69) is 10.6 Å². The van der Waals surface area contributed by atoms with Crippen LogP contribution >= 0.6 is 0 Å². The van der Waals surface area contributed by atoms with Crippen molar-refractivity contribution >= 4 is 6.03 Å². The molecule has 1 saturated carbocycles. The molecular formula is C29H49N3O3. The first-order valence-electron chi connectivity index (χ1n) is 14.1. The lowest BCUT2D eigenvalue weighted by Gasteiger charge is -2.43. The minimum absolute atomic E-state index is 0.0255. The topological polar surface area (TPSA) is 73.8 Å². The van der Waals surface area contributed by atoms with Crippen molar-refractivity contribution in [3.8, 4) is 0 Å². The quantitative estimate of drug-likeness (QED) is 0.340. The van der Waals surface area contributed by atoms with E-state index in [4.69, 9.17) is 4.74 Å². The molecule has 0 bridgehead atoms. The fourth-order valence-corrected chi connectivity index (χ4v) is 6.14. The Balaban J connectivity index is 1.63. The molecule has 1 aliphatic carbocycles. The summed E-state index contributed by atoms with van der Waals surface area (Å²) in [5.74, 6) is 0.744. The summed E-state index contributed by atoms with van der Waals surface area (Å²) >= 11 is 0. The standard InChI is InChI=1S/C29H49N3O3/c1-3-35-20-11-10-18-29(34,25-15-8-5-9-16-25)26-17-12-19-32(23-26)28(33)31-27(22-30-2)21-24-13-6-4-7-14-24/h5,8-9,15-16,24,26-27,30,34H,3-4,6-7,10-14,17-23H2,1-2H3,(H,31,33)/t26-,27+,29?/m1/s1. The third-order valence-electron chi connectivity index (χ3n) is 8.08. The number of hydrogen-bond donors (Lipinski definition) is 3. The molecule has 35 heavy (non-hydrogen) atoms. The number of urea groups is 1. The monoisotopic (exact) mass is 487 g/mol. The SMILES string of the molecule is CCOCCCCC(O)(c1ccccc1)[C@@H]1CCCN(C(=O)N[C@H](CNC)CC2CCCCC2)C1. The zero-order chi connectivity index (χ0) is 24.9. The molecule has 3 atom stereocenters. The van der Waals surface area contributed by atoms with Crippen molar-refractivity contribution in [2.45, 2.75) is 89.2 Å². The van der Waals surface area contributed by atoms with Crippen molar-refractivity contribution in [2.75, 3.05) is 39.9 Å². The zero-order valence-corrected chi connectivity index (χ0v) is 22.1. The highest BCUT2D eigenvalue weighted by Gasteiger charge is 2.41. The molecule has 6 heteroatoms. The molecule has 1 aromatic carbocycles. The highest BCUT2D eigenvalue weighted by molar-refractivity contribution is 5.74. The van der Waals surface area contributed by atoms with E-state index in [1.54, 1.807) is 0 Å². The van der Waals surface area contributed by atoms with Gasteiger partial charge in [-0.2, -0.15) is 0 Å². The van der Waals surface area contributed by atoms with Gasteiger partial charge in [-0.05, 0) is 64.0 Å². The molecule has 2 fully saturated rings. The number of rotatable bonds is 13. The molecule has 0 radical (unpaired) electrons. The van der Waals surface area contributed by atoms with E-state index < -0.39 is 5.60 Å². The van der Waals surface area contributed by atoms with Crippen LogP contribution in [-0.2, 0) is 10.3 Å². The maximum absolute atomic E-state index is 13.4. The van der Waals surface area contributed by atoms with Crippen LogP contribution in [0.25, 0.3) is 0 Å². The Kier molecular flexibility index (Phi) is 11.8. The fraction of sp³-hybridized carbons (Fsp3) is 0.759. The highest BCUT2D eigenvalue weighted by atomic mass is 16.5. The number of hydrogen-bond acceptors (Lipinski definition) is 4. The number of likely N-dealkylation sites (N-methyl/N-ethyl adjacent to an activating group) is 1. The average molecular weight is 488 g/mol. The Morgan fingerprint density at radius 2 is 1.91 bits per heavy atom. The van der Waals surface area contributed by atoms with Crippen LogP contribution in [0.4, 0.5) is 4.79 Å². The van der Waals surface area contributed by atoms with Gasteiger partial charge in [0.25, 0.3) is 0 Å². The molecule has 3 rings (SSSR count). The number of carbonyl (C=O) groups excluding carboxylic acids is 1. The maximum atomic E-state index is 13.4. The van der Waals surface area contributed by atoms with Gasteiger partial charge in [0.05, 0.1) is 5.60 Å². The summed E-state index contributed by atoms with van der Waals surface area (Å²) in [7, 11) is 1.96. The van der Waals surface area contributed by atoms with Gasteiger partial charge in [-0.3, -0.25) is 0 Å². The first-order chi connectivity index (χ1) is 17.1. The maximum Gasteiger partial charge on any atom is 0.317 e. The largest absolute Gasteiger partial charge is 0.385 e. The summed E-state index contributed by atoms with van der Waals surface area (Å²) in [5, 5.41) is 18.7. The van der Waals surface area contributed by atoms with Gasteiger partial charge in [0.1, 0.15) is 0 Å². The summed E-state index contributed by atoms with van der Waals surface area (Å²) in [6, 6.07) is 10.3. The molecule has 1 saturated heterocycles. The second-order valence-electron chi connectivity index (χ2n) is 10.7. The van der Waals surface area contributed by atoms with Crippen LogP contribution in [0.5, 0.6) is 0 Å². The Morgan fingerprint density at radius 3 is 2.63 bits per heavy atom. The molecular weight excluding hydrogens is 438 g/mol.